The quantitative estimate of drug-likeness (QED) is 0.771. The number of nitrogens with zero attached hydrogens (tertiary/aromatic N) is 1. The van der Waals surface area contributed by atoms with Gasteiger partial charge in [0.25, 0.3) is 5.91 Å². The van der Waals surface area contributed by atoms with E-state index in [0.717, 1.165) is 10.0 Å². The highest BCUT2D eigenvalue weighted by Gasteiger charge is 2.13. The van der Waals surface area contributed by atoms with Crippen molar-refractivity contribution < 1.29 is 4.79 Å². The van der Waals surface area contributed by atoms with Crippen LogP contribution in [0, 0.1) is 0 Å². The first kappa shape index (κ1) is 12.0. The van der Waals surface area contributed by atoms with E-state index in [9.17, 15) is 4.79 Å². The average Bonchev–Trinajstić information content (AvgIpc) is 2.16. The van der Waals surface area contributed by atoms with E-state index in [0.29, 0.717) is 12.1 Å². The van der Waals surface area contributed by atoms with Crippen LogP contribution in [0.4, 0.5) is 0 Å². The molecule has 0 radical (unpaired) electrons. The molecule has 0 bridgehead atoms. The van der Waals surface area contributed by atoms with Gasteiger partial charge in [-0.05, 0) is 35.0 Å². The Hall–Kier alpha value is -1.09. The highest BCUT2D eigenvalue weighted by atomic mass is 79.9. The minimum atomic E-state index is 0.00507. The Kier molecular flexibility index (Phi) is 4.09. The smallest absolute Gasteiger partial charge is 0.255 e. The van der Waals surface area contributed by atoms with Gasteiger partial charge < -0.3 is 4.90 Å². The van der Waals surface area contributed by atoms with Crippen LogP contribution in [0.25, 0.3) is 0 Å². The molecule has 0 N–H and O–H groups in total. The number of amides is 1. The molecule has 0 aromatic heterocycles. The highest BCUT2D eigenvalue weighted by Crippen LogP contribution is 2.17. The van der Waals surface area contributed by atoms with Gasteiger partial charge in [0.15, 0.2) is 0 Å². The van der Waals surface area contributed by atoms with E-state index in [4.69, 9.17) is 0 Å². The zero-order valence-corrected chi connectivity index (χ0v) is 10.5. The van der Waals surface area contributed by atoms with Gasteiger partial charge in [-0.15, -0.1) is 0 Å². The van der Waals surface area contributed by atoms with Crippen LogP contribution in [0.1, 0.15) is 17.3 Å². The molecule has 1 aromatic rings. The zero-order valence-electron chi connectivity index (χ0n) is 8.96. The Labute approximate surface area is 98.7 Å². The predicted molar refractivity (Wildman–Crippen MR) is 65.9 cm³/mol. The van der Waals surface area contributed by atoms with E-state index in [1.165, 1.54) is 0 Å². The fourth-order valence-electron chi connectivity index (χ4n) is 1.32. The lowest BCUT2D eigenvalue weighted by atomic mass is 10.2. The van der Waals surface area contributed by atoms with Gasteiger partial charge in [0.2, 0.25) is 0 Å². The molecule has 1 amide bonds. The highest BCUT2D eigenvalue weighted by molar-refractivity contribution is 9.10. The van der Waals surface area contributed by atoms with Crippen LogP contribution in [-0.4, -0.2) is 24.4 Å². The molecule has 0 aliphatic heterocycles. The third-order valence-corrected chi connectivity index (χ3v) is 2.65. The molecule has 0 fully saturated rings. The van der Waals surface area contributed by atoms with Crippen molar-refractivity contribution in [1.29, 1.82) is 0 Å². The van der Waals surface area contributed by atoms with Crippen molar-refractivity contribution in [3.05, 3.63) is 46.5 Å². The Balaban J connectivity index is 2.85. The molecule has 0 saturated carbocycles. The van der Waals surface area contributed by atoms with E-state index in [1.54, 1.807) is 18.0 Å². The molecule has 15 heavy (non-hydrogen) atoms. The van der Waals surface area contributed by atoms with Crippen molar-refractivity contribution in [3.63, 3.8) is 0 Å². The summed E-state index contributed by atoms with van der Waals surface area (Å²) >= 11 is 3.36. The van der Waals surface area contributed by atoms with E-state index in [-0.39, 0.29) is 5.91 Å². The number of carbonyl (C=O) groups excluding carboxylic acids is 1. The second kappa shape index (κ2) is 5.12. The summed E-state index contributed by atoms with van der Waals surface area (Å²) in [5, 5.41) is 0. The lowest BCUT2D eigenvalue weighted by Gasteiger charge is -2.17. The Bertz CT molecular complexity index is 387. The zero-order chi connectivity index (χ0) is 11.4. The van der Waals surface area contributed by atoms with E-state index < -0.39 is 0 Å². The molecule has 0 saturated heterocycles. The summed E-state index contributed by atoms with van der Waals surface area (Å²) in [5.41, 5.74) is 1.65. The standard InChI is InChI=1S/C12H14BrNO/c1-9(2)8-14(3)12(15)10-6-4-5-7-11(10)13/h4-7H,1,8H2,2-3H3. The third-order valence-electron chi connectivity index (χ3n) is 1.96. The Morgan fingerprint density at radius 1 is 1.47 bits per heavy atom. The monoisotopic (exact) mass is 267 g/mol. The first-order valence-electron chi connectivity index (χ1n) is 4.66. The van der Waals surface area contributed by atoms with Crippen LogP contribution in [0.15, 0.2) is 40.9 Å². The average molecular weight is 268 g/mol. The van der Waals surface area contributed by atoms with Crippen LogP contribution in [0.2, 0.25) is 0 Å². The van der Waals surface area contributed by atoms with Crippen LogP contribution in [-0.2, 0) is 0 Å². The number of halogens is 1. The van der Waals surface area contributed by atoms with Crippen molar-refractivity contribution in [2.75, 3.05) is 13.6 Å². The minimum absolute atomic E-state index is 0.00507. The van der Waals surface area contributed by atoms with Crippen molar-refractivity contribution in [1.82, 2.24) is 4.90 Å². The largest absolute Gasteiger partial charge is 0.338 e. The summed E-state index contributed by atoms with van der Waals surface area (Å²) < 4.78 is 0.823. The molecule has 0 unspecified atom stereocenters. The number of likely N-dealkylation sites (N-methyl/N-ethyl adjacent to an activating group) is 1. The van der Waals surface area contributed by atoms with Crippen LogP contribution in [0.3, 0.4) is 0 Å². The molecular weight excluding hydrogens is 254 g/mol. The van der Waals surface area contributed by atoms with E-state index in [1.807, 2.05) is 25.1 Å². The fraction of sp³-hybridized carbons (Fsp3) is 0.250. The molecule has 80 valence electrons. The number of hydrogen-bond acceptors (Lipinski definition) is 1. The summed E-state index contributed by atoms with van der Waals surface area (Å²) in [5.74, 6) is 0.00507. The normalized spacial score (nSPS) is 9.80. The first-order valence-corrected chi connectivity index (χ1v) is 5.46. The van der Waals surface area contributed by atoms with Gasteiger partial charge in [-0.3, -0.25) is 4.79 Å². The third kappa shape index (κ3) is 3.20. The van der Waals surface area contributed by atoms with Gasteiger partial charge in [-0.1, -0.05) is 24.3 Å². The number of benzene rings is 1. The van der Waals surface area contributed by atoms with Gasteiger partial charge in [-0.25, -0.2) is 0 Å². The lowest BCUT2D eigenvalue weighted by Crippen LogP contribution is -2.28. The molecule has 1 aromatic carbocycles. The molecule has 0 heterocycles. The number of hydrogen-bond donors (Lipinski definition) is 0. The maximum atomic E-state index is 12.0. The first-order chi connectivity index (χ1) is 7.02. The van der Waals surface area contributed by atoms with Crippen molar-refractivity contribution in [2.45, 2.75) is 6.92 Å². The van der Waals surface area contributed by atoms with Gasteiger partial charge in [-0.2, -0.15) is 0 Å². The van der Waals surface area contributed by atoms with E-state index >= 15 is 0 Å². The van der Waals surface area contributed by atoms with Gasteiger partial charge in [0, 0.05) is 18.1 Å². The summed E-state index contributed by atoms with van der Waals surface area (Å²) in [6.45, 7) is 6.28. The molecule has 0 atom stereocenters. The second-order valence-corrected chi connectivity index (χ2v) is 4.45. The summed E-state index contributed by atoms with van der Waals surface area (Å²) in [7, 11) is 1.77. The van der Waals surface area contributed by atoms with Gasteiger partial charge >= 0.3 is 0 Å². The van der Waals surface area contributed by atoms with Crippen molar-refractivity contribution in [2.24, 2.45) is 0 Å². The number of carbonyl (C=O) groups is 1. The molecule has 0 spiro atoms. The Morgan fingerprint density at radius 2 is 2.07 bits per heavy atom. The van der Waals surface area contributed by atoms with Gasteiger partial charge in [0.05, 0.1) is 5.56 Å². The maximum absolute atomic E-state index is 12.0. The number of rotatable bonds is 3. The minimum Gasteiger partial charge on any atom is -0.338 e. The SMILES string of the molecule is C=C(C)CN(C)C(=O)c1ccccc1Br. The van der Waals surface area contributed by atoms with Gasteiger partial charge in [0.1, 0.15) is 0 Å². The van der Waals surface area contributed by atoms with Crippen molar-refractivity contribution in [3.8, 4) is 0 Å². The topological polar surface area (TPSA) is 20.3 Å². The fourth-order valence-corrected chi connectivity index (χ4v) is 1.77. The summed E-state index contributed by atoms with van der Waals surface area (Å²) in [4.78, 5) is 13.6. The molecular formula is C12H14BrNO. The summed E-state index contributed by atoms with van der Waals surface area (Å²) in [6, 6.07) is 7.41. The van der Waals surface area contributed by atoms with E-state index in [2.05, 4.69) is 22.5 Å². The predicted octanol–water partition coefficient (Wildman–Crippen LogP) is 3.10. The second-order valence-electron chi connectivity index (χ2n) is 3.60. The Morgan fingerprint density at radius 3 is 2.60 bits per heavy atom. The molecule has 0 aliphatic rings. The van der Waals surface area contributed by atoms with Crippen LogP contribution in [0.5, 0.6) is 0 Å². The summed E-state index contributed by atoms with van der Waals surface area (Å²) in [6.07, 6.45) is 0. The lowest BCUT2D eigenvalue weighted by molar-refractivity contribution is 0.0806. The van der Waals surface area contributed by atoms with Crippen LogP contribution >= 0.6 is 15.9 Å². The molecule has 2 nitrogen and oxygen atoms in total. The maximum Gasteiger partial charge on any atom is 0.255 e. The molecule has 0 aliphatic carbocycles. The molecule has 1 rings (SSSR count). The van der Waals surface area contributed by atoms with Crippen molar-refractivity contribution >= 4 is 21.8 Å². The van der Waals surface area contributed by atoms with Crippen LogP contribution < -0.4 is 0 Å². The molecule has 3 heteroatoms.